The Balaban J connectivity index is 1.54. The van der Waals surface area contributed by atoms with Gasteiger partial charge in [-0.05, 0) is 24.1 Å². The number of aromatic amines is 1. The molecular formula is C19H17N5. The Morgan fingerprint density at radius 3 is 2.71 bits per heavy atom. The van der Waals surface area contributed by atoms with Gasteiger partial charge in [0.2, 0.25) is 0 Å². The first-order valence-corrected chi connectivity index (χ1v) is 8.05. The third-order valence-electron chi connectivity index (χ3n) is 4.49. The lowest BCUT2D eigenvalue weighted by Gasteiger charge is -2.05. The Hall–Kier alpha value is -3.13. The molecule has 1 aliphatic rings. The van der Waals surface area contributed by atoms with Gasteiger partial charge >= 0.3 is 0 Å². The fourth-order valence-electron chi connectivity index (χ4n) is 3.12. The van der Waals surface area contributed by atoms with Crippen LogP contribution in [0, 0.1) is 11.5 Å². The summed E-state index contributed by atoms with van der Waals surface area (Å²) >= 11 is 0. The summed E-state index contributed by atoms with van der Waals surface area (Å²) in [6.45, 7) is 1.56. The summed E-state index contributed by atoms with van der Waals surface area (Å²) in [5.41, 5.74) is 5.06. The first kappa shape index (κ1) is 14.5. The van der Waals surface area contributed by atoms with Crippen molar-refractivity contribution in [2.45, 2.75) is 12.3 Å². The minimum Gasteiger partial charge on any atom is -0.310 e. The Morgan fingerprint density at radius 2 is 2.00 bits per heavy atom. The Bertz CT molecular complexity index is 861. The van der Waals surface area contributed by atoms with Crippen LogP contribution in [-0.2, 0) is 0 Å². The van der Waals surface area contributed by atoms with Gasteiger partial charge in [-0.15, -0.1) is 0 Å². The van der Waals surface area contributed by atoms with Gasteiger partial charge in [0.05, 0.1) is 17.1 Å². The number of hydrogen-bond acceptors (Lipinski definition) is 4. The van der Waals surface area contributed by atoms with Crippen LogP contribution < -0.4 is 0 Å². The molecule has 1 fully saturated rings. The largest absolute Gasteiger partial charge is 0.310 e. The van der Waals surface area contributed by atoms with Gasteiger partial charge in [0.15, 0.2) is 6.19 Å². The average molecular weight is 315 g/mol. The Kier molecular flexibility index (Phi) is 3.72. The van der Waals surface area contributed by atoms with Gasteiger partial charge < -0.3 is 4.90 Å². The summed E-state index contributed by atoms with van der Waals surface area (Å²) in [5.74, 6) is 0.318. The molecule has 1 atom stereocenters. The predicted octanol–water partition coefficient (Wildman–Crippen LogP) is 3.41. The van der Waals surface area contributed by atoms with Crippen molar-refractivity contribution in [3.8, 4) is 28.7 Å². The molecule has 1 aromatic carbocycles. The molecule has 5 heteroatoms. The van der Waals surface area contributed by atoms with E-state index in [1.807, 2.05) is 30.5 Å². The van der Waals surface area contributed by atoms with Crippen molar-refractivity contribution in [3.63, 3.8) is 0 Å². The lowest BCUT2D eigenvalue weighted by Crippen LogP contribution is -2.12. The lowest BCUT2D eigenvalue weighted by molar-refractivity contribution is 0.478. The van der Waals surface area contributed by atoms with Crippen LogP contribution in [0.5, 0.6) is 0 Å². The zero-order valence-electron chi connectivity index (χ0n) is 13.2. The van der Waals surface area contributed by atoms with Crippen molar-refractivity contribution in [3.05, 3.63) is 60.4 Å². The van der Waals surface area contributed by atoms with Crippen LogP contribution in [0.4, 0.5) is 0 Å². The van der Waals surface area contributed by atoms with E-state index < -0.39 is 0 Å². The van der Waals surface area contributed by atoms with Crippen LogP contribution in [0.2, 0.25) is 0 Å². The highest BCUT2D eigenvalue weighted by molar-refractivity contribution is 5.65. The maximum absolute atomic E-state index is 8.97. The van der Waals surface area contributed by atoms with Crippen molar-refractivity contribution in [1.29, 1.82) is 5.26 Å². The highest BCUT2D eigenvalue weighted by Gasteiger charge is 2.25. The Labute approximate surface area is 140 Å². The molecule has 0 spiro atoms. The van der Waals surface area contributed by atoms with E-state index in [0.29, 0.717) is 5.92 Å². The van der Waals surface area contributed by atoms with E-state index in [1.165, 1.54) is 0 Å². The number of nitrogens with one attached hydrogen (secondary N) is 1. The highest BCUT2D eigenvalue weighted by Crippen LogP contribution is 2.28. The maximum Gasteiger partial charge on any atom is 0.179 e. The first-order valence-electron chi connectivity index (χ1n) is 8.05. The second-order valence-electron chi connectivity index (χ2n) is 6.04. The normalized spacial score (nSPS) is 17.0. The van der Waals surface area contributed by atoms with E-state index in [2.05, 4.69) is 45.6 Å². The maximum atomic E-state index is 8.97. The third-order valence-corrected chi connectivity index (χ3v) is 4.49. The van der Waals surface area contributed by atoms with Gasteiger partial charge in [-0.25, -0.2) is 0 Å². The van der Waals surface area contributed by atoms with Crippen LogP contribution in [0.15, 0.2) is 54.7 Å². The molecule has 1 aliphatic heterocycles. The zero-order valence-corrected chi connectivity index (χ0v) is 13.2. The van der Waals surface area contributed by atoms with Crippen LogP contribution in [-0.4, -0.2) is 33.2 Å². The quantitative estimate of drug-likeness (QED) is 0.752. The molecule has 0 bridgehead atoms. The topological polar surface area (TPSA) is 68.6 Å². The van der Waals surface area contributed by atoms with Crippen molar-refractivity contribution < 1.29 is 0 Å². The fraction of sp³-hybridized carbons (Fsp3) is 0.211. The molecule has 1 saturated heterocycles. The van der Waals surface area contributed by atoms with Crippen LogP contribution >= 0.6 is 0 Å². The second kappa shape index (κ2) is 6.17. The molecule has 3 aromatic rings. The first-order chi connectivity index (χ1) is 11.8. The van der Waals surface area contributed by atoms with E-state index in [0.717, 1.165) is 47.7 Å². The molecule has 0 aliphatic carbocycles. The number of nitriles is 1. The predicted molar refractivity (Wildman–Crippen MR) is 91.8 cm³/mol. The molecule has 1 unspecified atom stereocenters. The monoisotopic (exact) mass is 315 g/mol. The van der Waals surface area contributed by atoms with Gasteiger partial charge in [-0.1, -0.05) is 36.4 Å². The number of nitrogens with zero attached hydrogens (tertiary/aromatic N) is 4. The smallest absolute Gasteiger partial charge is 0.179 e. The number of pyridine rings is 1. The SMILES string of the molecule is N#CN1CCC(c2cc(-c3ccc(-c4ccccc4)cn3)[nH]n2)C1. The summed E-state index contributed by atoms with van der Waals surface area (Å²) in [6, 6.07) is 16.3. The van der Waals surface area contributed by atoms with E-state index in [1.54, 1.807) is 4.90 Å². The lowest BCUT2D eigenvalue weighted by atomic mass is 10.0. The molecule has 2 aromatic heterocycles. The van der Waals surface area contributed by atoms with Gasteiger partial charge in [-0.2, -0.15) is 10.4 Å². The van der Waals surface area contributed by atoms with E-state index in [4.69, 9.17) is 5.26 Å². The third kappa shape index (κ3) is 2.74. The summed E-state index contributed by atoms with van der Waals surface area (Å²) in [4.78, 5) is 6.35. The summed E-state index contributed by atoms with van der Waals surface area (Å²) < 4.78 is 0. The minimum atomic E-state index is 0.318. The molecule has 0 amide bonds. The number of aromatic nitrogens is 3. The molecular weight excluding hydrogens is 298 g/mol. The van der Waals surface area contributed by atoms with Crippen molar-refractivity contribution in [2.75, 3.05) is 13.1 Å². The summed E-state index contributed by atoms with van der Waals surface area (Å²) in [7, 11) is 0. The minimum absolute atomic E-state index is 0.318. The van der Waals surface area contributed by atoms with Crippen molar-refractivity contribution in [1.82, 2.24) is 20.1 Å². The number of rotatable bonds is 3. The molecule has 118 valence electrons. The average Bonchev–Trinajstić information content (AvgIpc) is 3.32. The molecule has 5 nitrogen and oxygen atoms in total. The zero-order chi connectivity index (χ0) is 16.4. The summed E-state index contributed by atoms with van der Waals surface area (Å²) in [6.07, 6.45) is 5.06. The van der Waals surface area contributed by atoms with Crippen LogP contribution in [0.1, 0.15) is 18.0 Å². The van der Waals surface area contributed by atoms with E-state index in [9.17, 15) is 0 Å². The molecule has 0 radical (unpaired) electrons. The van der Waals surface area contributed by atoms with Crippen LogP contribution in [0.25, 0.3) is 22.5 Å². The van der Waals surface area contributed by atoms with Crippen molar-refractivity contribution >= 4 is 0 Å². The molecule has 24 heavy (non-hydrogen) atoms. The van der Waals surface area contributed by atoms with Gasteiger partial charge in [0.25, 0.3) is 0 Å². The Morgan fingerprint density at radius 1 is 1.12 bits per heavy atom. The van der Waals surface area contributed by atoms with E-state index in [-0.39, 0.29) is 0 Å². The van der Waals surface area contributed by atoms with Crippen molar-refractivity contribution in [2.24, 2.45) is 0 Å². The van der Waals surface area contributed by atoms with Crippen LogP contribution in [0.3, 0.4) is 0 Å². The number of benzene rings is 1. The van der Waals surface area contributed by atoms with E-state index >= 15 is 0 Å². The van der Waals surface area contributed by atoms with Gasteiger partial charge in [-0.3, -0.25) is 10.1 Å². The summed E-state index contributed by atoms with van der Waals surface area (Å²) in [5, 5.41) is 16.5. The standard InChI is InChI=1S/C19H17N5/c20-13-24-9-8-16(12-24)18-10-19(23-22-18)17-7-6-15(11-21-17)14-4-2-1-3-5-14/h1-7,10-11,16H,8-9,12H2,(H,22,23). The molecule has 1 N–H and O–H groups in total. The molecule has 0 saturated carbocycles. The fourth-order valence-corrected chi connectivity index (χ4v) is 3.12. The number of hydrogen-bond donors (Lipinski definition) is 1. The van der Waals surface area contributed by atoms with Gasteiger partial charge in [0, 0.05) is 30.8 Å². The molecule has 4 rings (SSSR count). The number of H-pyrrole nitrogens is 1. The number of likely N-dealkylation sites (tertiary alicyclic amines) is 1. The van der Waals surface area contributed by atoms with Gasteiger partial charge in [0.1, 0.15) is 0 Å². The highest BCUT2D eigenvalue weighted by atomic mass is 15.2. The second-order valence-corrected chi connectivity index (χ2v) is 6.04. The molecule has 3 heterocycles.